The number of allylic oxidation sites excluding steroid dienone is 1. The minimum absolute atomic E-state index is 0.0119. The van der Waals surface area contributed by atoms with Crippen LogP contribution in [0.5, 0.6) is 5.75 Å². The molecule has 1 saturated carbocycles. The van der Waals surface area contributed by atoms with Gasteiger partial charge in [0.2, 0.25) is 0 Å². The highest BCUT2D eigenvalue weighted by Gasteiger charge is 2.36. The van der Waals surface area contributed by atoms with E-state index in [2.05, 4.69) is 81.3 Å². The minimum atomic E-state index is 0.0119. The van der Waals surface area contributed by atoms with Gasteiger partial charge in [-0.1, -0.05) is 76.8 Å². The number of ether oxygens (including phenoxy) is 1. The molecule has 0 radical (unpaired) electrons. The molecule has 2 nitrogen and oxygen atoms in total. The minimum Gasteiger partial charge on any atom is -0.497 e. The smallest absolute Gasteiger partial charge is 0.119 e. The van der Waals surface area contributed by atoms with E-state index in [0.717, 1.165) is 18.7 Å². The number of para-hydroxylation sites is 1. The van der Waals surface area contributed by atoms with E-state index in [1.165, 1.54) is 71.8 Å². The molecule has 2 heteroatoms. The highest BCUT2D eigenvalue weighted by atomic mass is 16.5. The molecule has 0 spiro atoms. The Hall–Kier alpha value is -2.48. The average Bonchev–Trinajstić information content (AvgIpc) is 3.06. The van der Waals surface area contributed by atoms with Crippen LogP contribution < -0.4 is 4.74 Å². The third kappa shape index (κ3) is 4.37. The highest BCUT2D eigenvalue weighted by molar-refractivity contribution is 5.93. The summed E-state index contributed by atoms with van der Waals surface area (Å²) in [5, 5.41) is 1.45. The summed E-state index contributed by atoms with van der Waals surface area (Å²) >= 11 is 0. The van der Waals surface area contributed by atoms with Crippen molar-refractivity contribution in [3.8, 4) is 17.0 Å². The molecule has 3 aromatic rings. The van der Waals surface area contributed by atoms with Crippen LogP contribution in [-0.4, -0.2) is 11.7 Å². The number of benzene rings is 2. The van der Waals surface area contributed by atoms with Gasteiger partial charge in [-0.3, -0.25) is 0 Å². The van der Waals surface area contributed by atoms with Gasteiger partial charge in [0.05, 0.1) is 12.8 Å². The van der Waals surface area contributed by atoms with Crippen LogP contribution in [0, 0.1) is 5.41 Å². The van der Waals surface area contributed by atoms with Crippen LogP contribution >= 0.6 is 0 Å². The summed E-state index contributed by atoms with van der Waals surface area (Å²) in [6, 6.07) is 15.8. The van der Waals surface area contributed by atoms with Crippen LogP contribution in [0.25, 0.3) is 22.2 Å². The van der Waals surface area contributed by atoms with Gasteiger partial charge in [0.25, 0.3) is 0 Å². The molecule has 33 heavy (non-hydrogen) atoms. The maximum Gasteiger partial charge on any atom is 0.119 e. The molecule has 1 unspecified atom stereocenters. The predicted octanol–water partition coefficient (Wildman–Crippen LogP) is 8.92. The Balaban J connectivity index is 0.000000821. The summed E-state index contributed by atoms with van der Waals surface area (Å²) < 4.78 is 8.23. The van der Waals surface area contributed by atoms with Gasteiger partial charge in [0.1, 0.15) is 5.75 Å². The first-order valence-corrected chi connectivity index (χ1v) is 12.9. The first-order valence-electron chi connectivity index (χ1n) is 12.9. The molecule has 0 bridgehead atoms. The molecule has 2 heterocycles. The summed E-state index contributed by atoms with van der Waals surface area (Å²) in [5.74, 6) is 1.60. The van der Waals surface area contributed by atoms with E-state index < -0.39 is 0 Å². The average molecular weight is 444 g/mol. The summed E-state index contributed by atoms with van der Waals surface area (Å²) in [7, 11) is 1.76. The van der Waals surface area contributed by atoms with Crippen LogP contribution in [0.15, 0.2) is 54.6 Å². The van der Waals surface area contributed by atoms with Gasteiger partial charge in [0.15, 0.2) is 0 Å². The Kier molecular flexibility index (Phi) is 7.02. The Labute approximate surface area is 200 Å². The largest absolute Gasteiger partial charge is 0.497 e. The third-order valence-corrected chi connectivity index (χ3v) is 7.71. The van der Waals surface area contributed by atoms with E-state index in [1.807, 2.05) is 0 Å². The van der Waals surface area contributed by atoms with E-state index in [9.17, 15) is 0 Å². The number of hydrogen-bond donors (Lipinski definition) is 0. The molecule has 1 aromatic heterocycles. The zero-order valence-corrected chi connectivity index (χ0v) is 21.3. The molecular formula is C31H41NO. The third-order valence-electron chi connectivity index (χ3n) is 7.71. The summed E-state index contributed by atoms with van der Waals surface area (Å²) in [4.78, 5) is 0. The number of rotatable bonds is 3. The normalized spacial score (nSPS) is 20.3. The fourth-order valence-electron chi connectivity index (χ4n) is 5.77. The Morgan fingerprint density at radius 2 is 1.79 bits per heavy atom. The SMILES string of the molecule is C=C(C)C1(C)Cc2cc(OC)ccc2-c2c(C3CCCCC3)c3ccccc3n2C1.CCC. The zero-order valence-electron chi connectivity index (χ0n) is 21.3. The monoisotopic (exact) mass is 443 g/mol. The molecule has 1 fully saturated rings. The van der Waals surface area contributed by atoms with Crippen molar-refractivity contribution in [2.45, 2.75) is 85.1 Å². The number of aromatic nitrogens is 1. The summed E-state index contributed by atoms with van der Waals surface area (Å²) in [6.07, 6.45) is 8.95. The van der Waals surface area contributed by atoms with E-state index in [4.69, 9.17) is 4.74 Å². The second-order valence-corrected chi connectivity index (χ2v) is 10.4. The second kappa shape index (κ2) is 9.79. The van der Waals surface area contributed by atoms with Gasteiger partial charge in [0, 0.05) is 28.4 Å². The van der Waals surface area contributed by atoms with E-state index in [1.54, 1.807) is 12.7 Å². The molecule has 1 atom stereocenters. The van der Waals surface area contributed by atoms with Crippen molar-refractivity contribution in [3.63, 3.8) is 0 Å². The lowest BCUT2D eigenvalue weighted by Gasteiger charge is -2.30. The Morgan fingerprint density at radius 1 is 1.09 bits per heavy atom. The van der Waals surface area contributed by atoms with Crippen LogP contribution in [0.3, 0.4) is 0 Å². The number of fused-ring (bicyclic) bond motifs is 5. The quantitative estimate of drug-likeness (QED) is 0.369. The first-order chi connectivity index (χ1) is 15.9. The van der Waals surface area contributed by atoms with Crippen molar-refractivity contribution in [2.75, 3.05) is 7.11 Å². The van der Waals surface area contributed by atoms with E-state index in [0.29, 0.717) is 5.92 Å². The van der Waals surface area contributed by atoms with Crippen molar-refractivity contribution in [1.29, 1.82) is 0 Å². The van der Waals surface area contributed by atoms with Gasteiger partial charge < -0.3 is 9.30 Å². The van der Waals surface area contributed by atoms with Crippen molar-refractivity contribution < 1.29 is 4.74 Å². The van der Waals surface area contributed by atoms with Crippen molar-refractivity contribution in [1.82, 2.24) is 4.57 Å². The lowest BCUT2D eigenvalue weighted by molar-refractivity contribution is 0.342. The van der Waals surface area contributed by atoms with Gasteiger partial charge >= 0.3 is 0 Å². The van der Waals surface area contributed by atoms with Crippen molar-refractivity contribution in [3.05, 3.63) is 65.7 Å². The molecule has 0 amide bonds. The molecule has 1 aliphatic heterocycles. The molecule has 2 aromatic carbocycles. The molecule has 0 saturated heterocycles. The standard InChI is InChI=1S/C28H33NO.C3H8/c1-19(2)28(3)17-21-16-22(30-4)14-15-23(21)27-26(20-10-6-5-7-11-20)24-12-8-9-13-25(24)29(27)18-28;1-3-2/h8-9,12-16,20H,1,5-7,10-11,17-18H2,2-4H3;3H2,1-2H3. The maximum absolute atomic E-state index is 5.61. The van der Waals surface area contributed by atoms with Gasteiger partial charge in [-0.05, 0) is 67.5 Å². The predicted molar refractivity (Wildman–Crippen MR) is 142 cm³/mol. The summed E-state index contributed by atoms with van der Waals surface area (Å²) in [5.41, 5.74) is 8.45. The molecular weight excluding hydrogens is 402 g/mol. The van der Waals surface area contributed by atoms with Crippen LogP contribution in [-0.2, 0) is 13.0 Å². The van der Waals surface area contributed by atoms with E-state index in [-0.39, 0.29) is 5.41 Å². The van der Waals surface area contributed by atoms with Crippen LogP contribution in [0.4, 0.5) is 0 Å². The summed E-state index contributed by atoms with van der Waals surface area (Å²) in [6.45, 7) is 14.2. The molecule has 0 N–H and O–H groups in total. The van der Waals surface area contributed by atoms with Crippen LogP contribution in [0.2, 0.25) is 0 Å². The Bertz CT molecular complexity index is 1130. The number of hydrogen-bond acceptors (Lipinski definition) is 1. The molecule has 1 aliphatic carbocycles. The lowest BCUT2D eigenvalue weighted by Crippen LogP contribution is -2.25. The fourth-order valence-corrected chi connectivity index (χ4v) is 5.77. The van der Waals surface area contributed by atoms with Crippen molar-refractivity contribution >= 4 is 10.9 Å². The maximum atomic E-state index is 5.61. The van der Waals surface area contributed by atoms with Crippen LogP contribution in [0.1, 0.15) is 83.3 Å². The lowest BCUT2D eigenvalue weighted by atomic mass is 9.77. The molecule has 2 aliphatic rings. The molecule has 5 rings (SSSR count). The first kappa shape index (κ1) is 23.7. The second-order valence-electron chi connectivity index (χ2n) is 10.4. The Morgan fingerprint density at radius 3 is 2.45 bits per heavy atom. The van der Waals surface area contributed by atoms with Crippen molar-refractivity contribution in [2.24, 2.45) is 5.41 Å². The van der Waals surface area contributed by atoms with Gasteiger partial charge in [-0.2, -0.15) is 0 Å². The fraction of sp³-hybridized carbons (Fsp3) is 0.484. The van der Waals surface area contributed by atoms with Gasteiger partial charge in [-0.15, -0.1) is 0 Å². The van der Waals surface area contributed by atoms with Gasteiger partial charge in [-0.25, -0.2) is 0 Å². The zero-order chi connectivity index (χ0) is 23.6. The number of methoxy groups -OCH3 is 1. The molecule has 176 valence electrons. The van der Waals surface area contributed by atoms with E-state index >= 15 is 0 Å². The highest BCUT2D eigenvalue weighted by Crippen LogP contribution is 2.49. The topological polar surface area (TPSA) is 14.2 Å². The number of nitrogens with zero attached hydrogens (tertiary/aromatic N) is 1.